The minimum Gasteiger partial charge on any atom is -0.390 e. The lowest BCUT2D eigenvalue weighted by atomic mass is 10.1. The van der Waals surface area contributed by atoms with Gasteiger partial charge in [-0.1, -0.05) is 39.0 Å². The minimum atomic E-state index is -3.76. The van der Waals surface area contributed by atoms with Gasteiger partial charge in [0.05, 0.1) is 0 Å². The molecule has 4 N–H and O–H groups in total. The maximum absolute atomic E-state index is 8.78. The smallest absolute Gasteiger partial charge is 0.390 e. The topological polar surface area (TPSA) is 72.7 Å². The molecule has 0 saturated carbocycles. The van der Waals surface area contributed by atoms with Gasteiger partial charge in [-0.15, -0.1) is 0 Å². The van der Waals surface area contributed by atoms with Gasteiger partial charge in [-0.3, -0.25) is 0 Å². The van der Waals surface area contributed by atoms with E-state index in [2.05, 4.69) is 12.2 Å². The Morgan fingerprint density at radius 3 is 1.81 bits per heavy atom. The Hall–Kier alpha value is 0.0569. The zero-order valence-electron chi connectivity index (χ0n) is 10.4. The molecular weight excluding hydrogens is 222 g/mol. The summed E-state index contributed by atoms with van der Waals surface area (Å²) in [7, 11) is -3.76. The van der Waals surface area contributed by atoms with Gasteiger partial charge < -0.3 is 19.7 Å². The Morgan fingerprint density at radius 1 is 0.812 bits per heavy atom. The van der Waals surface area contributed by atoms with Crippen LogP contribution in [-0.4, -0.2) is 36.3 Å². The first kappa shape index (κ1) is 16.1. The minimum absolute atomic E-state index is 0.188. The Labute approximate surface area is 100 Å². The van der Waals surface area contributed by atoms with Crippen LogP contribution in [0.15, 0.2) is 0 Å². The molecule has 0 radical (unpaired) electrons. The molecule has 16 heavy (non-hydrogen) atoms. The fourth-order valence-corrected chi connectivity index (χ4v) is 2.40. The molecule has 0 bridgehead atoms. The molecule has 0 aliphatic rings. The van der Waals surface area contributed by atoms with Gasteiger partial charge in [0.2, 0.25) is 0 Å². The molecule has 0 aromatic carbocycles. The summed E-state index contributed by atoms with van der Waals surface area (Å²) in [6, 6.07) is 0.188. The van der Waals surface area contributed by atoms with E-state index in [4.69, 9.17) is 14.4 Å². The molecule has 0 aromatic heterocycles. The van der Waals surface area contributed by atoms with Crippen molar-refractivity contribution in [1.29, 1.82) is 0 Å². The van der Waals surface area contributed by atoms with Crippen LogP contribution in [0.5, 0.6) is 0 Å². The average molecular weight is 249 g/mol. The third-order valence-corrected chi connectivity index (χ3v) is 3.64. The van der Waals surface area contributed by atoms with E-state index in [1.807, 2.05) is 0 Å². The predicted octanol–water partition coefficient (Wildman–Crippen LogP) is 1.24. The molecule has 0 aromatic rings. The molecule has 0 amide bonds. The summed E-state index contributed by atoms with van der Waals surface area (Å²) in [5, 5.41) is 3.30. The quantitative estimate of drug-likeness (QED) is 0.328. The van der Waals surface area contributed by atoms with Crippen molar-refractivity contribution in [1.82, 2.24) is 5.32 Å². The summed E-state index contributed by atoms with van der Waals surface area (Å²) in [5.74, 6) is 0. The van der Waals surface area contributed by atoms with Crippen LogP contribution in [0.3, 0.4) is 0 Å². The summed E-state index contributed by atoms with van der Waals surface area (Å²) in [4.78, 5) is 26.4. The van der Waals surface area contributed by atoms with Gasteiger partial charge in [0.15, 0.2) is 0 Å². The van der Waals surface area contributed by atoms with E-state index >= 15 is 0 Å². The van der Waals surface area contributed by atoms with Crippen molar-refractivity contribution in [3.63, 3.8) is 0 Å². The maximum Gasteiger partial charge on any atom is 0.492 e. The second-order valence-electron chi connectivity index (χ2n) is 4.35. The van der Waals surface area contributed by atoms with Crippen LogP contribution in [0.25, 0.3) is 0 Å². The summed E-state index contributed by atoms with van der Waals surface area (Å²) < 4.78 is 0. The van der Waals surface area contributed by atoms with Crippen molar-refractivity contribution in [2.75, 3.05) is 13.1 Å². The van der Waals surface area contributed by atoms with Gasteiger partial charge in [-0.25, -0.2) is 0 Å². The highest BCUT2D eigenvalue weighted by Gasteiger charge is 2.25. The van der Waals surface area contributed by atoms with Crippen molar-refractivity contribution < 1.29 is 14.4 Å². The summed E-state index contributed by atoms with van der Waals surface area (Å²) in [6.07, 6.45) is 7.83. The first-order valence-electron chi connectivity index (χ1n) is 6.44. The third kappa shape index (κ3) is 14.1. The summed E-state index contributed by atoms with van der Waals surface area (Å²) in [6.45, 7) is 4.28. The Morgan fingerprint density at radius 2 is 1.31 bits per heavy atom. The van der Waals surface area contributed by atoms with Crippen LogP contribution in [0.1, 0.15) is 51.9 Å². The Balaban J connectivity index is 2.99. The molecule has 0 saturated heterocycles. The van der Waals surface area contributed by atoms with E-state index in [-0.39, 0.29) is 6.04 Å². The number of hydrogen-bond acceptors (Lipinski definition) is 4. The highest BCUT2D eigenvalue weighted by atomic mass is 28.4. The summed E-state index contributed by atoms with van der Waals surface area (Å²) >= 11 is 0. The highest BCUT2D eigenvalue weighted by Crippen LogP contribution is 2.11. The van der Waals surface area contributed by atoms with Crippen LogP contribution >= 0.6 is 0 Å². The van der Waals surface area contributed by atoms with Gasteiger partial charge in [0.25, 0.3) is 0 Å². The van der Waals surface area contributed by atoms with Gasteiger partial charge >= 0.3 is 8.80 Å². The molecule has 5 heteroatoms. The number of nitrogens with one attached hydrogen (secondary N) is 1. The van der Waals surface area contributed by atoms with E-state index in [9.17, 15) is 0 Å². The average Bonchev–Trinajstić information content (AvgIpc) is 2.19. The largest absolute Gasteiger partial charge is 0.492 e. The first-order valence-corrected chi connectivity index (χ1v) is 8.49. The third-order valence-electron chi connectivity index (χ3n) is 2.62. The van der Waals surface area contributed by atoms with Crippen LogP contribution in [0.2, 0.25) is 6.04 Å². The summed E-state index contributed by atoms with van der Waals surface area (Å²) in [5.41, 5.74) is 0. The van der Waals surface area contributed by atoms with Crippen molar-refractivity contribution in [2.24, 2.45) is 0 Å². The highest BCUT2D eigenvalue weighted by molar-refractivity contribution is 6.56. The molecule has 0 spiro atoms. The predicted molar refractivity (Wildman–Crippen MR) is 68.1 cm³/mol. The normalized spacial score (nSPS) is 12.0. The van der Waals surface area contributed by atoms with Crippen LogP contribution in [0, 0.1) is 0 Å². The first-order chi connectivity index (χ1) is 7.56. The zero-order chi connectivity index (χ0) is 12.3. The fraction of sp³-hybridized carbons (Fsp3) is 1.00. The lowest BCUT2D eigenvalue weighted by molar-refractivity contribution is 0.226. The Bertz CT molecular complexity index is 151. The van der Waals surface area contributed by atoms with Crippen LogP contribution < -0.4 is 5.32 Å². The second-order valence-corrected chi connectivity index (χ2v) is 6.40. The zero-order valence-corrected chi connectivity index (χ0v) is 11.4. The molecule has 4 nitrogen and oxygen atoms in total. The van der Waals surface area contributed by atoms with Crippen molar-refractivity contribution in [2.45, 2.75) is 57.9 Å². The lowest BCUT2D eigenvalue weighted by Gasteiger charge is -2.08. The molecule has 98 valence electrons. The van der Waals surface area contributed by atoms with Crippen molar-refractivity contribution in [3.8, 4) is 0 Å². The number of unbranched alkanes of at least 4 members (excludes halogenated alkanes) is 6. The lowest BCUT2D eigenvalue weighted by Crippen LogP contribution is -2.33. The number of rotatable bonds is 11. The monoisotopic (exact) mass is 249 g/mol. The molecular formula is C11H27NO3Si. The van der Waals surface area contributed by atoms with E-state index in [1.165, 1.54) is 25.7 Å². The van der Waals surface area contributed by atoms with Crippen molar-refractivity contribution >= 4 is 8.80 Å². The van der Waals surface area contributed by atoms with Gasteiger partial charge in [0, 0.05) is 6.04 Å². The van der Waals surface area contributed by atoms with E-state index in [0.717, 1.165) is 32.4 Å². The molecule has 0 rings (SSSR count). The molecule has 0 fully saturated rings. The Kier molecular flexibility index (Phi) is 10.3. The molecule has 0 unspecified atom stereocenters. The second kappa shape index (κ2) is 10.2. The van der Waals surface area contributed by atoms with Crippen LogP contribution in [0.4, 0.5) is 0 Å². The molecule has 0 aliphatic heterocycles. The van der Waals surface area contributed by atoms with Crippen molar-refractivity contribution in [3.05, 3.63) is 0 Å². The fourth-order valence-electron chi connectivity index (χ4n) is 1.67. The van der Waals surface area contributed by atoms with E-state index < -0.39 is 8.80 Å². The van der Waals surface area contributed by atoms with E-state index in [0.29, 0.717) is 0 Å². The molecule has 0 heterocycles. The van der Waals surface area contributed by atoms with Crippen LogP contribution in [-0.2, 0) is 0 Å². The van der Waals surface area contributed by atoms with Gasteiger partial charge in [-0.2, -0.15) is 0 Å². The standard InChI is InChI=1S/C11H27NO3Si/c1-2-12-10-8-6-4-3-5-7-9-11-16(13,14)15/h12-15H,2-11H2,1H3. The van der Waals surface area contributed by atoms with Gasteiger partial charge in [0.1, 0.15) is 0 Å². The maximum atomic E-state index is 8.78. The SMILES string of the molecule is CCNCCCCCCCCC[Si](O)(O)O. The van der Waals surface area contributed by atoms with E-state index in [1.54, 1.807) is 0 Å². The number of hydrogen-bond donors (Lipinski definition) is 4. The van der Waals surface area contributed by atoms with Gasteiger partial charge in [-0.05, 0) is 25.9 Å². The molecule has 0 atom stereocenters. The molecule has 0 aliphatic carbocycles.